The summed E-state index contributed by atoms with van der Waals surface area (Å²) in [5.41, 5.74) is 1.41. The van der Waals surface area contributed by atoms with Gasteiger partial charge in [-0.25, -0.2) is 0 Å². The van der Waals surface area contributed by atoms with Gasteiger partial charge in [0.1, 0.15) is 0 Å². The topological polar surface area (TPSA) is 40.6 Å². The SMILES string of the molecule is CCCCC1CCN(C(=O)c2ccc(C(=O)N3CCC(CCCC)CC3)cc2)CC1. The van der Waals surface area contributed by atoms with Crippen LogP contribution in [0.3, 0.4) is 0 Å². The Labute approximate surface area is 183 Å². The van der Waals surface area contributed by atoms with Crippen LogP contribution < -0.4 is 0 Å². The first-order valence-electron chi connectivity index (χ1n) is 12.3. The quantitative estimate of drug-likeness (QED) is 0.544. The highest BCUT2D eigenvalue weighted by Crippen LogP contribution is 2.25. The second-order valence-electron chi connectivity index (χ2n) is 9.33. The molecule has 0 radical (unpaired) electrons. The molecule has 0 aromatic heterocycles. The zero-order chi connectivity index (χ0) is 21.3. The van der Waals surface area contributed by atoms with Crippen molar-refractivity contribution in [2.45, 2.75) is 78.1 Å². The number of nitrogens with zero attached hydrogens (tertiary/aromatic N) is 2. The minimum absolute atomic E-state index is 0.111. The molecule has 0 unspecified atom stereocenters. The van der Waals surface area contributed by atoms with Crippen LogP contribution in [0.5, 0.6) is 0 Å². The number of hydrogen-bond donors (Lipinski definition) is 0. The van der Waals surface area contributed by atoms with Gasteiger partial charge in [-0.05, 0) is 61.8 Å². The predicted octanol–water partition coefficient (Wildman–Crippen LogP) is 5.77. The van der Waals surface area contributed by atoms with E-state index in [4.69, 9.17) is 0 Å². The Morgan fingerprint density at radius 2 is 1.03 bits per heavy atom. The van der Waals surface area contributed by atoms with Crippen molar-refractivity contribution in [3.8, 4) is 0 Å². The van der Waals surface area contributed by atoms with Gasteiger partial charge in [0.15, 0.2) is 0 Å². The van der Waals surface area contributed by atoms with Crippen molar-refractivity contribution in [3.63, 3.8) is 0 Å². The summed E-state index contributed by atoms with van der Waals surface area (Å²) in [7, 11) is 0. The van der Waals surface area contributed by atoms with Gasteiger partial charge < -0.3 is 9.80 Å². The summed E-state index contributed by atoms with van der Waals surface area (Å²) in [6.07, 6.45) is 12.2. The molecule has 1 aromatic rings. The highest BCUT2D eigenvalue weighted by atomic mass is 16.2. The van der Waals surface area contributed by atoms with Crippen LogP contribution in [-0.2, 0) is 0 Å². The van der Waals surface area contributed by atoms with E-state index in [-0.39, 0.29) is 11.8 Å². The summed E-state index contributed by atoms with van der Waals surface area (Å²) in [6.45, 7) is 7.93. The fraction of sp³-hybridized carbons (Fsp3) is 0.692. The van der Waals surface area contributed by atoms with Crippen LogP contribution in [0.15, 0.2) is 24.3 Å². The number of carbonyl (C=O) groups excluding carboxylic acids is 2. The van der Waals surface area contributed by atoms with Crippen molar-refractivity contribution in [2.24, 2.45) is 11.8 Å². The van der Waals surface area contributed by atoms with Gasteiger partial charge >= 0.3 is 0 Å². The van der Waals surface area contributed by atoms with Crippen LogP contribution >= 0.6 is 0 Å². The molecule has 0 atom stereocenters. The predicted molar refractivity (Wildman–Crippen MR) is 123 cm³/mol. The van der Waals surface area contributed by atoms with E-state index in [1.165, 1.54) is 38.5 Å². The third kappa shape index (κ3) is 6.09. The summed E-state index contributed by atoms with van der Waals surface area (Å²) in [5, 5.41) is 0. The normalized spacial score (nSPS) is 18.6. The fourth-order valence-corrected chi connectivity index (χ4v) is 4.96. The molecule has 2 aliphatic rings. The van der Waals surface area contributed by atoms with E-state index in [9.17, 15) is 9.59 Å². The number of likely N-dealkylation sites (tertiary alicyclic amines) is 2. The fourth-order valence-electron chi connectivity index (χ4n) is 4.96. The van der Waals surface area contributed by atoms with E-state index < -0.39 is 0 Å². The molecule has 4 nitrogen and oxygen atoms in total. The smallest absolute Gasteiger partial charge is 0.253 e. The first-order chi connectivity index (χ1) is 14.6. The molecule has 2 saturated heterocycles. The first kappa shape index (κ1) is 22.8. The van der Waals surface area contributed by atoms with Gasteiger partial charge in [0, 0.05) is 37.3 Å². The van der Waals surface area contributed by atoms with Crippen molar-refractivity contribution >= 4 is 11.8 Å². The molecule has 0 aliphatic carbocycles. The Bertz CT molecular complexity index is 610. The van der Waals surface area contributed by atoms with Gasteiger partial charge in [-0.3, -0.25) is 9.59 Å². The average molecular weight is 413 g/mol. The Morgan fingerprint density at radius 1 is 0.700 bits per heavy atom. The van der Waals surface area contributed by atoms with Gasteiger partial charge in [0.2, 0.25) is 0 Å². The van der Waals surface area contributed by atoms with E-state index in [1.54, 1.807) is 0 Å². The molecule has 2 amide bonds. The highest BCUT2D eigenvalue weighted by molar-refractivity contribution is 5.97. The maximum absolute atomic E-state index is 12.9. The Morgan fingerprint density at radius 3 is 1.33 bits per heavy atom. The Kier molecular flexibility index (Phi) is 8.77. The van der Waals surface area contributed by atoms with E-state index >= 15 is 0 Å². The lowest BCUT2D eigenvalue weighted by molar-refractivity contribution is 0.0674. The Hall–Kier alpha value is -1.84. The second-order valence-corrected chi connectivity index (χ2v) is 9.33. The van der Waals surface area contributed by atoms with Crippen molar-refractivity contribution in [3.05, 3.63) is 35.4 Å². The van der Waals surface area contributed by atoms with Gasteiger partial charge in [0.05, 0.1) is 0 Å². The van der Waals surface area contributed by atoms with Crippen LogP contribution in [0, 0.1) is 11.8 Å². The lowest BCUT2D eigenvalue weighted by Crippen LogP contribution is -2.39. The molecule has 2 fully saturated rings. The summed E-state index contributed by atoms with van der Waals surface area (Å²) >= 11 is 0. The van der Waals surface area contributed by atoms with E-state index in [2.05, 4.69) is 13.8 Å². The molecule has 166 valence electrons. The largest absolute Gasteiger partial charge is 0.339 e. The molecular weight excluding hydrogens is 372 g/mol. The average Bonchev–Trinajstić information content (AvgIpc) is 2.81. The van der Waals surface area contributed by atoms with Gasteiger partial charge in [-0.1, -0.05) is 52.4 Å². The zero-order valence-corrected chi connectivity index (χ0v) is 19.1. The minimum Gasteiger partial charge on any atom is -0.339 e. The van der Waals surface area contributed by atoms with Gasteiger partial charge in [-0.15, -0.1) is 0 Å². The molecule has 0 spiro atoms. The number of amides is 2. The summed E-state index contributed by atoms with van der Waals surface area (Å²) in [6, 6.07) is 7.36. The van der Waals surface area contributed by atoms with Crippen LogP contribution in [0.25, 0.3) is 0 Å². The molecule has 2 aliphatic heterocycles. The van der Waals surface area contributed by atoms with Crippen LogP contribution in [0.4, 0.5) is 0 Å². The molecule has 0 bridgehead atoms. The summed E-state index contributed by atoms with van der Waals surface area (Å²) in [4.78, 5) is 29.7. The van der Waals surface area contributed by atoms with E-state index in [0.717, 1.165) is 63.7 Å². The molecule has 30 heavy (non-hydrogen) atoms. The molecule has 4 heteroatoms. The van der Waals surface area contributed by atoms with Crippen molar-refractivity contribution in [2.75, 3.05) is 26.2 Å². The number of unbranched alkanes of at least 4 members (excludes halogenated alkanes) is 2. The zero-order valence-electron chi connectivity index (χ0n) is 19.1. The lowest BCUT2D eigenvalue weighted by atomic mass is 9.91. The number of carbonyl (C=O) groups is 2. The number of benzene rings is 1. The molecule has 1 aromatic carbocycles. The van der Waals surface area contributed by atoms with Crippen molar-refractivity contribution < 1.29 is 9.59 Å². The van der Waals surface area contributed by atoms with Crippen LogP contribution in [-0.4, -0.2) is 47.8 Å². The van der Waals surface area contributed by atoms with Gasteiger partial charge in [-0.2, -0.15) is 0 Å². The van der Waals surface area contributed by atoms with E-state index in [1.807, 2.05) is 34.1 Å². The number of rotatable bonds is 8. The third-order valence-electron chi connectivity index (χ3n) is 7.11. The molecule has 3 rings (SSSR count). The van der Waals surface area contributed by atoms with Crippen LogP contribution in [0.2, 0.25) is 0 Å². The minimum atomic E-state index is 0.111. The highest BCUT2D eigenvalue weighted by Gasteiger charge is 2.25. The Balaban J connectivity index is 1.49. The van der Waals surface area contributed by atoms with Crippen LogP contribution in [0.1, 0.15) is 98.8 Å². The third-order valence-corrected chi connectivity index (χ3v) is 7.11. The lowest BCUT2D eigenvalue weighted by Gasteiger charge is -2.32. The van der Waals surface area contributed by atoms with E-state index in [0.29, 0.717) is 11.1 Å². The standard InChI is InChI=1S/C26H40N2O2/c1-3-5-7-21-13-17-27(18-14-21)25(29)23-9-11-24(12-10-23)26(30)28-19-15-22(16-20-28)8-6-4-2/h9-12,21-22H,3-8,13-20H2,1-2H3. The molecule has 2 heterocycles. The summed E-state index contributed by atoms with van der Waals surface area (Å²) < 4.78 is 0. The maximum Gasteiger partial charge on any atom is 0.253 e. The molecular formula is C26H40N2O2. The van der Waals surface area contributed by atoms with Gasteiger partial charge in [0.25, 0.3) is 11.8 Å². The second kappa shape index (κ2) is 11.5. The van der Waals surface area contributed by atoms with Crippen molar-refractivity contribution in [1.29, 1.82) is 0 Å². The molecule has 0 N–H and O–H groups in total. The first-order valence-corrected chi connectivity index (χ1v) is 12.3. The monoisotopic (exact) mass is 412 g/mol. The molecule has 0 saturated carbocycles. The summed E-state index contributed by atoms with van der Waals surface area (Å²) in [5.74, 6) is 1.78. The number of hydrogen-bond acceptors (Lipinski definition) is 2. The number of piperidine rings is 2. The van der Waals surface area contributed by atoms with Crippen molar-refractivity contribution in [1.82, 2.24) is 9.80 Å². The maximum atomic E-state index is 12.9.